The van der Waals surface area contributed by atoms with E-state index in [4.69, 9.17) is 10.00 Å². The van der Waals surface area contributed by atoms with Gasteiger partial charge in [0.15, 0.2) is 0 Å². The first-order chi connectivity index (χ1) is 12.7. The lowest BCUT2D eigenvalue weighted by molar-refractivity contribution is -0.117. The highest BCUT2D eigenvalue weighted by Crippen LogP contribution is 2.26. The van der Waals surface area contributed by atoms with Crippen LogP contribution in [0.1, 0.15) is 44.1 Å². The van der Waals surface area contributed by atoms with Crippen LogP contribution in [0.15, 0.2) is 54.6 Å². The van der Waals surface area contributed by atoms with Gasteiger partial charge >= 0.3 is 0 Å². The number of carbonyl (C=O) groups is 1. The molecule has 0 bridgehead atoms. The third-order valence-corrected chi connectivity index (χ3v) is 4.48. The van der Waals surface area contributed by atoms with E-state index in [0.717, 1.165) is 11.4 Å². The molecule has 0 unspecified atom stereocenters. The summed E-state index contributed by atoms with van der Waals surface area (Å²) in [6, 6.07) is 18.7. The van der Waals surface area contributed by atoms with Crippen molar-refractivity contribution in [3.05, 3.63) is 60.2 Å². The summed E-state index contributed by atoms with van der Waals surface area (Å²) >= 11 is 0. The Hall–Kier alpha value is -2.80. The van der Waals surface area contributed by atoms with Crippen molar-refractivity contribution < 1.29 is 9.53 Å². The zero-order chi connectivity index (χ0) is 18.6. The maximum absolute atomic E-state index is 11.9. The zero-order valence-corrected chi connectivity index (χ0v) is 15.3. The van der Waals surface area contributed by atoms with Crippen LogP contribution in [-0.2, 0) is 4.79 Å². The van der Waals surface area contributed by atoms with E-state index in [1.807, 2.05) is 30.3 Å². The monoisotopic (exact) mass is 350 g/mol. The molecule has 2 aromatic carbocycles. The maximum Gasteiger partial charge on any atom is 0.224 e. The number of nitriles is 1. The minimum Gasteiger partial charge on any atom is -0.497 e. The third kappa shape index (κ3) is 6.98. The SMILES string of the molecule is COc1ccccc1.N#Cc1ccc(NC(=O)CC2CCCCC2)cc1. The van der Waals surface area contributed by atoms with Gasteiger partial charge in [-0.2, -0.15) is 5.26 Å². The summed E-state index contributed by atoms with van der Waals surface area (Å²) in [7, 11) is 1.66. The number of hydrogen-bond acceptors (Lipinski definition) is 3. The van der Waals surface area contributed by atoms with E-state index in [1.54, 1.807) is 31.4 Å². The van der Waals surface area contributed by atoms with Gasteiger partial charge in [-0.05, 0) is 55.2 Å². The molecular weight excluding hydrogens is 324 g/mol. The Bertz CT molecular complexity index is 699. The number of ether oxygens (including phenoxy) is 1. The van der Waals surface area contributed by atoms with E-state index in [0.29, 0.717) is 17.9 Å². The van der Waals surface area contributed by atoms with E-state index in [9.17, 15) is 4.79 Å². The van der Waals surface area contributed by atoms with Crippen molar-refractivity contribution in [3.63, 3.8) is 0 Å². The van der Waals surface area contributed by atoms with Crippen molar-refractivity contribution in [2.75, 3.05) is 12.4 Å². The molecule has 3 rings (SSSR count). The van der Waals surface area contributed by atoms with Crippen LogP contribution in [0.2, 0.25) is 0 Å². The van der Waals surface area contributed by atoms with Crippen LogP contribution in [0.4, 0.5) is 5.69 Å². The molecule has 0 aliphatic heterocycles. The van der Waals surface area contributed by atoms with Gasteiger partial charge in [0, 0.05) is 12.1 Å². The van der Waals surface area contributed by atoms with Gasteiger partial charge in [-0.15, -0.1) is 0 Å². The third-order valence-electron chi connectivity index (χ3n) is 4.48. The van der Waals surface area contributed by atoms with Crippen molar-refractivity contribution in [2.24, 2.45) is 5.92 Å². The summed E-state index contributed by atoms with van der Waals surface area (Å²) in [6.45, 7) is 0. The Labute approximate surface area is 155 Å². The molecule has 0 spiro atoms. The van der Waals surface area contributed by atoms with E-state index < -0.39 is 0 Å². The quantitative estimate of drug-likeness (QED) is 0.828. The second-order valence-corrected chi connectivity index (χ2v) is 6.46. The first kappa shape index (κ1) is 19.5. The van der Waals surface area contributed by atoms with Crippen molar-refractivity contribution in [3.8, 4) is 11.8 Å². The van der Waals surface area contributed by atoms with Crippen LogP contribution in [0.25, 0.3) is 0 Å². The molecule has 0 atom stereocenters. The lowest BCUT2D eigenvalue weighted by Crippen LogP contribution is -2.18. The molecule has 0 heterocycles. The van der Waals surface area contributed by atoms with Crippen molar-refractivity contribution >= 4 is 11.6 Å². The maximum atomic E-state index is 11.9. The van der Waals surface area contributed by atoms with Crippen LogP contribution in [-0.4, -0.2) is 13.0 Å². The average molecular weight is 350 g/mol. The van der Waals surface area contributed by atoms with E-state index in [1.165, 1.54) is 32.1 Å². The van der Waals surface area contributed by atoms with Crippen LogP contribution in [0.5, 0.6) is 5.75 Å². The lowest BCUT2D eigenvalue weighted by Gasteiger charge is -2.20. The molecule has 1 aliphatic carbocycles. The van der Waals surface area contributed by atoms with Gasteiger partial charge in [0.25, 0.3) is 0 Å². The second kappa shape index (κ2) is 10.9. The topological polar surface area (TPSA) is 62.1 Å². The van der Waals surface area contributed by atoms with Crippen molar-refractivity contribution in [2.45, 2.75) is 38.5 Å². The summed E-state index contributed by atoms with van der Waals surface area (Å²) in [6.07, 6.45) is 6.82. The highest BCUT2D eigenvalue weighted by molar-refractivity contribution is 5.90. The van der Waals surface area contributed by atoms with E-state index in [2.05, 4.69) is 11.4 Å². The zero-order valence-electron chi connectivity index (χ0n) is 15.3. The summed E-state index contributed by atoms with van der Waals surface area (Å²) < 4.78 is 4.91. The van der Waals surface area contributed by atoms with Crippen LogP contribution >= 0.6 is 0 Å². The molecule has 0 radical (unpaired) electrons. The number of carbonyl (C=O) groups excluding carboxylic acids is 1. The summed E-state index contributed by atoms with van der Waals surface area (Å²) in [4.78, 5) is 11.9. The highest BCUT2D eigenvalue weighted by Gasteiger charge is 2.16. The van der Waals surface area contributed by atoms with Gasteiger partial charge in [-0.3, -0.25) is 4.79 Å². The molecule has 1 saturated carbocycles. The van der Waals surface area contributed by atoms with E-state index >= 15 is 0 Å². The van der Waals surface area contributed by atoms with Gasteiger partial charge in [-0.1, -0.05) is 37.5 Å². The number of nitrogens with zero attached hydrogens (tertiary/aromatic N) is 1. The van der Waals surface area contributed by atoms with Gasteiger partial charge in [0.1, 0.15) is 5.75 Å². The molecule has 26 heavy (non-hydrogen) atoms. The number of amides is 1. The Morgan fingerprint density at radius 2 is 1.73 bits per heavy atom. The summed E-state index contributed by atoms with van der Waals surface area (Å²) in [5.41, 5.74) is 1.38. The molecule has 1 fully saturated rings. The minimum absolute atomic E-state index is 0.0895. The predicted octanol–water partition coefficient (Wildman–Crippen LogP) is 5.16. The van der Waals surface area contributed by atoms with Gasteiger partial charge in [0.2, 0.25) is 5.91 Å². The molecule has 136 valence electrons. The fraction of sp³-hybridized carbons (Fsp3) is 0.364. The van der Waals surface area contributed by atoms with Crippen LogP contribution < -0.4 is 10.1 Å². The molecule has 0 saturated heterocycles. The number of rotatable bonds is 4. The predicted molar refractivity (Wildman–Crippen MR) is 104 cm³/mol. The number of anilines is 1. The Balaban J connectivity index is 0.000000254. The largest absolute Gasteiger partial charge is 0.497 e. The molecule has 1 amide bonds. The van der Waals surface area contributed by atoms with Crippen molar-refractivity contribution in [1.82, 2.24) is 0 Å². The number of para-hydroxylation sites is 1. The van der Waals surface area contributed by atoms with E-state index in [-0.39, 0.29) is 5.91 Å². The fourth-order valence-corrected chi connectivity index (χ4v) is 3.05. The smallest absolute Gasteiger partial charge is 0.224 e. The molecule has 4 heteroatoms. The molecular formula is C22H26N2O2. The Morgan fingerprint density at radius 3 is 2.27 bits per heavy atom. The molecule has 2 aromatic rings. The number of hydrogen-bond donors (Lipinski definition) is 1. The first-order valence-corrected chi connectivity index (χ1v) is 9.10. The Morgan fingerprint density at radius 1 is 1.08 bits per heavy atom. The molecule has 0 aromatic heterocycles. The minimum atomic E-state index is 0.0895. The van der Waals surface area contributed by atoms with Gasteiger partial charge in [-0.25, -0.2) is 0 Å². The fourth-order valence-electron chi connectivity index (χ4n) is 3.05. The Kier molecular flexibility index (Phi) is 8.21. The van der Waals surface area contributed by atoms with Crippen LogP contribution in [0, 0.1) is 17.2 Å². The number of nitrogens with one attached hydrogen (secondary N) is 1. The van der Waals surface area contributed by atoms with Crippen molar-refractivity contribution in [1.29, 1.82) is 5.26 Å². The number of methoxy groups -OCH3 is 1. The van der Waals surface area contributed by atoms with Crippen LogP contribution in [0.3, 0.4) is 0 Å². The second-order valence-electron chi connectivity index (χ2n) is 6.46. The molecule has 1 N–H and O–H groups in total. The average Bonchev–Trinajstić information content (AvgIpc) is 2.70. The molecule has 1 aliphatic rings. The molecule has 4 nitrogen and oxygen atoms in total. The summed E-state index contributed by atoms with van der Waals surface area (Å²) in [5, 5.41) is 11.6. The number of benzene rings is 2. The van der Waals surface area contributed by atoms with Gasteiger partial charge in [0.05, 0.1) is 18.7 Å². The highest BCUT2D eigenvalue weighted by atomic mass is 16.5. The lowest BCUT2D eigenvalue weighted by atomic mass is 9.87. The normalized spacial score (nSPS) is 13.7. The standard InChI is InChI=1S/C15H18N2O.C7H8O/c16-11-13-6-8-14(9-7-13)17-15(18)10-12-4-2-1-3-5-12;1-8-7-5-3-2-4-6-7/h6-9,12H,1-5,10H2,(H,17,18);2-6H,1H3. The van der Waals surface area contributed by atoms with Gasteiger partial charge < -0.3 is 10.1 Å². The first-order valence-electron chi connectivity index (χ1n) is 9.10. The summed E-state index contributed by atoms with van der Waals surface area (Å²) in [5.74, 6) is 1.55.